The Balaban J connectivity index is 0.000000375. The molecule has 0 aliphatic carbocycles. The van der Waals surface area contributed by atoms with E-state index in [4.69, 9.17) is 38.4 Å². The van der Waals surface area contributed by atoms with Gasteiger partial charge in [0.2, 0.25) is 0 Å². The average molecular weight is 670 g/mol. The van der Waals surface area contributed by atoms with E-state index in [1.807, 2.05) is 24.3 Å². The van der Waals surface area contributed by atoms with Gasteiger partial charge in [0.25, 0.3) is 0 Å². The van der Waals surface area contributed by atoms with Crippen LogP contribution in [0.25, 0.3) is 11.1 Å². The first-order valence-corrected chi connectivity index (χ1v) is 13.5. The molecule has 3 aromatic rings. The molecule has 0 spiro atoms. The van der Waals surface area contributed by atoms with Gasteiger partial charge in [0.15, 0.2) is 11.6 Å². The summed E-state index contributed by atoms with van der Waals surface area (Å²) in [5.74, 6) is -5.96. The SMILES string of the molecule is CC(Oc1cc(-c2ccc(OC3CCNCC3)cc2)cnc1N)c1c(Cl)ccc(F)c1Cl.O=C(C(=O)C(F)(F)F)C(F)(F)F. The first-order valence-electron chi connectivity index (χ1n) is 12.7. The second-order valence-corrected chi connectivity index (χ2v) is 10.2. The zero-order valence-electron chi connectivity index (χ0n) is 22.7. The van der Waals surface area contributed by atoms with E-state index in [9.17, 15) is 40.3 Å². The largest absolute Gasteiger partial charge is 0.490 e. The molecule has 1 unspecified atom stereocenters. The van der Waals surface area contributed by atoms with Crippen LogP contribution in [0, 0.1) is 5.82 Å². The molecule has 44 heavy (non-hydrogen) atoms. The summed E-state index contributed by atoms with van der Waals surface area (Å²) in [6.07, 6.45) is -8.25. The second kappa shape index (κ2) is 14.4. The molecule has 1 atom stereocenters. The maximum Gasteiger partial charge on any atom is 0.458 e. The van der Waals surface area contributed by atoms with Crippen molar-refractivity contribution in [2.24, 2.45) is 0 Å². The van der Waals surface area contributed by atoms with E-state index < -0.39 is 35.8 Å². The number of aromatic nitrogens is 1. The highest BCUT2D eigenvalue weighted by Crippen LogP contribution is 2.37. The Hall–Kier alpha value is -3.62. The Bertz CT molecular complexity index is 1460. The number of Topliss-reactive ketones (excluding diaryl/α,β-unsaturated/α-hetero) is 2. The first-order chi connectivity index (χ1) is 20.5. The molecule has 1 aliphatic heterocycles. The van der Waals surface area contributed by atoms with E-state index in [1.165, 1.54) is 12.1 Å². The molecular formula is C28H24Cl2F7N3O4. The number of benzene rings is 2. The molecule has 2 heterocycles. The predicted molar refractivity (Wildman–Crippen MR) is 148 cm³/mol. The van der Waals surface area contributed by atoms with Gasteiger partial charge < -0.3 is 20.5 Å². The smallest absolute Gasteiger partial charge is 0.458 e. The molecule has 0 saturated carbocycles. The Kier molecular flexibility index (Phi) is 11.4. The number of nitrogen functional groups attached to an aromatic ring is 1. The van der Waals surface area contributed by atoms with Crippen molar-refractivity contribution in [2.75, 3.05) is 18.8 Å². The predicted octanol–water partition coefficient (Wildman–Crippen LogP) is 7.30. The number of hydrogen-bond acceptors (Lipinski definition) is 7. The fraction of sp³-hybridized carbons (Fsp3) is 0.321. The number of hydrogen-bond donors (Lipinski definition) is 2. The summed E-state index contributed by atoms with van der Waals surface area (Å²) in [6, 6.07) is 12.3. The van der Waals surface area contributed by atoms with Crippen LogP contribution in [0.1, 0.15) is 31.4 Å². The molecule has 1 saturated heterocycles. The zero-order chi connectivity index (χ0) is 32.8. The molecular weight excluding hydrogens is 646 g/mol. The normalized spacial score (nSPS) is 14.7. The highest BCUT2D eigenvalue weighted by atomic mass is 35.5. The number of alkyl halides is 6. The molecule has 3 N–H and O–H groups in total. The molecule has 7 nitrogen and oxygen atoms in total. The van der Waals surface area contributed by atoms with Gasteiger partial charge in [-0.05, 0) is 68.8 Å². The van der Waals surface area contributed by atoms with Gasteiger partial charge in [-0.25, -0.2) is 9.37 Å². The molecule has 1 aliphatic rings. The number of rotatable bonds is 7. The molecule has 16 heteroatoms. The monoisotopic (exact) mass is 669 g/mol. The minimum atomic E-state index is -5.77. The Labute approximate surface area is 256 Å². The summed E-state index contributed by atoms with van der Waals surface area (Å²) in [5.41, 5.74) is 8.15. The van der Waals surface area contributed by atoms with Crippen molar-refractivity contribution < 1.29 is 49.8 Å². The quantitative estimate of drug-likeness (QED) is 0.155. The van der Waals surface area contributed by atoms with Crippen molar-refractivity contribution in [3.63, 3.8) is 0 Å². The van der Waals surface area contributed by atoms with Crippen LogP contribution in [0.4, 0.5) is 36.6 Å². The summed E-state index contributed by atoms with van der Waals surface area (Å²) in [6.45, 7) is 3.69. The lowest BCUT2D eigenvalue weighted by Gasteiger charge is -2.23. The molecule has 0 amide bonds. The molecule has 0 bridgehead atoms. The first kappa shape index (κ1) is 34.9. The zero-order valence-corrected chi connectivity index (χ0v) is 24.2. The van der Waals surface area contributed by atoms with Crippen LogP contribution < -0.4 is 20.5 Å². The number of anilines is 1. The van der Waals surface area contributed by atoms with Gasteiger partial charge in [-0.3, -0.25) is 9.59 Å². The number of ether oxygens (including phenoxy) is 2. The number of halogens is 9. The summed E-state index contributed by atoms with van der Waals surface area (Å²) in [7, 11) is 0. The summed E-state index contributed by atoms with van der Waals surface area (Å²) >= 11 is 12.3. The van der Waals surface area contributed by atoms with Gasteiger partial charge in [-0.1, -0.05) is 35.3 Å². The molecule has 2 aromatic carbocycles. The molecule has 4 rings (SSSR count). The molecule has 238 valence electrons. The van der Waals surface area contributed by atoms with Crippen LogP contribution in [-0.2, 0) is 9.59 Å². The van der Waals surface area contributed by atoms with Gasteiger partial charge >= 0.3 is 23.9 Å². The lowest BCUT2D eigenvalue weighted by Crippen LogP contribution is -2.39. The minimum absolute atomic E-state index is 0.0722. The number of nitrogens with two attached hydrogens (primary N) is 1. The minimum Gasteiger partial charge on any atom is -0.490 e. The Morgan fingerprint density at radius 3 is 2.07 bits per heavy atom. The van der Waals surface area contributed by atoms with Crippen LogP contribution >= 0.6 is 23.2 Å². The van der Waals surface area contributed by atoms with E-state index in [0.29, 0.717) is 16.3 Å². The van der Waals surface area contributed by atoms with Crippen molar-refractivity contribution in [2.45, 2.75) is 44.3 Å². The van der Waals surface area contributed by atoms with Crippen molar-refractivity contribution in [3.05, 3.63) is 70.1 Å². The molecule has 1 fully saturated rings. The number of ketones is 2. The fourth-order valence-corrected chi connectivity index (χ4v) is 4.64. The van der Waals surface area contributed by atoms with Crippen LogP contribution in [0.5, 0.6) is 11.5 Å². The van der Waals surface area contributed by atoms with Crippen LogP contribution in [0.15, 0.2) is 48.7 Å². The topological polar surface area (TPSA) is 104 Å². The Morgan fingerprint density at radius 2 is 1.52 bits per heavy atom. The number of carbonyl (C=O) groups excluding carboxylic acids is 2. The van der Waals surface area contributed by atoms with Crippen molar-refractivity contribution in [1.29, 1.82) is 0 Å². The summed E-state index contributed by atoms with van der Waals surface area (Å²) < 4.78 is 92.9. The lowest BCUT2D eigenvalue weighted by molar-refractivity contribution is -0.193. The molecule has 0 radical (unpaired) electrons. The summed E-state index contributed by atoms with van der Waals surface area (Å²) in [5, 5.41) is 3.57. The Morgan fingerprint density at radius 1 is 0.955 bits per heavy atom. The van der Waals surface area contributed by atoms with E-state index in [2.05, 4.69) is 10.3 Å². The third-order valence-corrected chi connectivity index (χ3v) is 6.88. The number of piperidine rings is 1. The maximum absolute atomic E-state index is 13.9. The maximum atomic E-state index is 13.9. The van der Waals surface area contributed by atoms with Gasteiger partial charge in [0.05, 0.1) is 5.02 Å². The van der Waals surface area contributed by atoms with Crippen molar-refractivity contribution >= 4 is 40.6 Å². The molecule has 1 aromatic heterocycles. The lowest BCUT2D eigenvalue weighted by atomic mass is 10.1. The van der Waals surface area contributed by atoms with E-state index in [0.717, 1.165) is 42.8 Å². The van der Waals surface area contributed by atoms with E-state index in [1.54, 1.807) is 19.2 Å². The number of carbonyl (C=O) groups is 2. The van der Waals surface area contributed by atoms with Gasteiger partial charge in [-0.2, -0.15) is 26.3 Å². The number of nitrogens with zero attached hydrogens (tertiary/aromatic N) is 1. The average Bonchev–Trinajstić information content (AvgIpc) is 2.96. The van der Waals surface area contributed by atoms with Crippen LogP contribution in [0.3, 0.4) is 0 Å². The van der Waals surface area contributed by atoms with Crippen molar-refractivity contribution in [1.82, 2.24) is 10.3 Å². The third-order valence-electron chi connectivity index (χ3n) is 6.17. The second-order valence-electron chi connectivity index (χ2n) is 9.37. The van der Waals surface area contributed by atoms with Gasteiger partial charge in [0.1, 0.15) is 23.8 Å². The highest BCUT2D eigenvalue weighted by Gasteiger charge is 2.54. The van der Waals surface area contributed by atoms with Gasteiger partial charge in [0, 0.05) is 22.3 Å². The highest BCUT2D eigenvalue weighted by molar-refractivity contribution is 6.41. The number of nitrogens with one attached hydrogen (secondary N) is 1. The van der Waals surface area contributed by atoms with Gasteiger partial charge in [-0.15, -0.1) is 0 Å². The van der Waals surface area contributed by atoms with Crippen molar-refractivity contribution in [3.8, 4) is 22.6 Å². The number of pyridine rings is 1. The van der Waals surface area contributed by atoms with Crippen LogP contribution in [-0.4, -0.2) is 48.1 Å². The van der Waals surface area contributed by atoms with Crippen LogP contribution in [0.2, 0.25) is 10.0 Å². The summed E-state index contributed by atoms with van der Waals surface area (Å²) in [4.78, 5) is 23.5. The van der Waals surface area contributed by atoms with E-state index >= 15 is 0 Å². The van der Waals surface area contributed by atoms with E-state index in [-0.39, 0.29) is 16.9 Å². The third kappa shape index (κ3) is 9.19. The fourth-order valence-electron chi connectivity index (χ4n) is 3.96. The standard InChI is InChI=1S/C24H24Cl2FN3O2.C4F6O2/c1-14(22-19(25)6-7-20(27)23(22)26)31-21-12-16(13-30-24(21)28)15-2-4-17(5-3-15)32-18-8-10-29-11-9-18;5-3(6,7)1(11)2(12)4(8,9)10/h2-7,12-14,18,29H,8-11H2,1H3,(H2,28,30);.